The molecule has 0 aliphatic heterocycles. The average molecular weight is 379 g/mol. The molecule has 27 heavy (non-hydrogen) atoms. The Balaban J connectivity index is 2.21. The van der Waals surface area contributed by atoms with Crippen LogP contribution in [0.15, 0.2) is 36.4 Å². The van der Waals surface area contributed by atoms with Crippen molar-refractivity contribution in [3.05, 3.63) is 59.2 Å². The summed E-state index contributed by atoms with van der Waals surface area (Å²) in [5.41, 5.74) is 0.498. The topological polar surface area (TPSA) is 84.9 Å². The van der Waals surface area contributed by atoms with Crippen LogP contribution in [0.4, 0.5) is 8.78 Å². The number of hydrogen-bond donors (Lipinski definition) is 2. The molecular formula is C19H19F2NO5. The minimum atomic E-state index is -1.12. The summed E-state index contributed by atoms with van der Waals surface area (Å²) in [4.78, 5) is 23.5. The molecule has 2 rings (SSSR count). The molecule has 0 radical (unpaired) electrons. The highest BCUT2D eigenvalue weighted by atomic mass is 19.1. The van der Waals surface area contributed by atoms with E-state index >= 15 is 0 Å². The largest absolute Gasteiger partial charge is 0.493 e. The van der Waals surface area contributed by atoms with Crippen LogP contribution >= 0.6 is 0 Å². The Kier molecular flexibility index (Phi) is 6.70. The van der Waals surface area contributed by atoms with E-state index in [9.17, 15) is 18.4 Å². The van der Waals surface area contributed by atoms with Gasteiger partial charge >= 0.3 is 5.97 Å². The van der Waals surface area contributed by atoms with Crippen molar-refractivity contribution < 1.29 is 33.0 Å². The first kappa shape index (κ1) is 20.2. The molecule has 0 fully saturated rings. The molecule has 0 saturated heterocycles. The van der Waals surface area contributed by atoms with E-state index in [2.05, 4.69) is 5.32 Å². The van der Waals surface area contributed by atoms with Crippen LogP contribution in [0.2, 0.25) is 0 Å². The van der Waals surface area contributed by atoms with Crippen LogP contribution in [-0.2, 0) is 16.0 Å². The molecule has 0 aliphatic rings. The fourth-order valence-electron chi connectivity index (χ4n) is 2.58. The summed E-state index contributed by atoms with van der Waals surface area (Å²) in [6.45, 7) is 0. The second-order valence-corrected chi connectivity index (χ2v) is 5.74. The van der Waals surface area contributed by atoms with Crippen LogP contribution in [0.3, 0.4) is 0 Å². The van der Waals surface area contributed by atoms with Gasteiger partial charge in [0.25, 0.3) is 0 Å². The third kappa shape index (κ3) is 5.40. The molecule has 1 unspecified atom stereocenters. The zero-order valence-electron chi connectivity index (χ0n) is 14.8. The summed E-state index contributed by atoms with van der Waals surface area (Å²) in [5.74, 6) is -2.47. The lowest BCUT2D eigenvalue weighted by atomic mass is 10.0. The van der Waals surface area contributed by atoms with E-state index in [1.54, 1.807) is 18.2 Å². The molecule has 1 atom stereocenters. The summed E-state index contributed by atoms with van der Waals surface area (Å²) in [6.07, 6.45) is -0.733. The molecule has 2 N–H and O–H groups in total. The number of carboxylic acids is 1. The van der Waals surface area contributed by atoms with Gasteiger partial charge in [0.15, 0.2) is 11.5 Å². The predicted molar refractivity (Wildman–Crippen MR) is 92.7 cm³/mol. The van der Waals surface area contributed by atoms with Crippen molar-refractivity contribution in [2.75, 3.05) is 14.2 Å². The number of halogens is 2. The smallest absolute Gasteiger partial charge is 0.305 e. The zero-order chi connectivity index (χ0) is 20.0. The van der Waals surface area contributed by atoms with Crippen LogP contribution in [-0.4, -0.2) is 31.2 Å². The first-order valence-corrected chi connectivity index (χ1v) is 8.01. The van der Waals surface area contributed by atoms with E-state index in [-0.39, 0.29) is 18.4 Å². The van der Waals surface area contributed by atoms with E-state index in [0.29, 0.717) is 23.1 Å². The molecule has 0 spiro atoms. The van der Waals surface area contributed by atoms with Gasteiger partial charge in [-0.2, -0.15) is 0 Å². The van der Waals surface area contributed by atoms with Gasteiger partial charge in [0, 0.05) is 6.07 Å². The number of methoxy groups -OCH3 is 2. The molecule has 0 heterocycles. The molecule has 2 aromatic carbocycles. The Labute approximate surface area is 154 Å². The van der Waals surface area contributed by atoms with Crippen molar-refractivity contribution in [1.82, 2.24) is 5.32 Å². The van der Waals surface area contributed by atoms with Crippen LogP contribution < -0.4 is 14.8 Å². The van der Waals surface area contributed by atoms with Gasteiger partial charge in [-0.15, -0.1) is 0 Å². The first-order chi connectivity index (χ1) is 12.8. The Hall–Kier alpha value is -3.16. The molecule has 1 amide bonds. The van der Waals surface area contributed by atoms with Crippen LogP contribution in [0, 0.1) is 11.6 Å². The first-order valence-electron chi connectivity index (χ1n) is 8.01. The summed E-state index contributed by atoms with van der Waals surface area (Å²) in [5, 5.41) is 11.7. The summed E-state index contributed by atoms with van der Waals surface area (Å²) < 4.78 is 37.0. The highest BCUT2D eigenvalue weighted by Crippen LogP contribution is 2.31. The standard InChI is InChI=1S/C19H19F2NO5/c1-26-16-6-4-12(7-17(16)27-2)15(10-19(24)25)22-18(23)8-11-3-5-13(20)9-14(11)21/h3-7,9,15H,8,10H2,1-2H3,(H,22,23)(H,24,25). The molecule has 2 aromatic rings. The number of carbonyl (C=O) groups excluding carboxylic acids is 1. The van der Waals surface area contributed by atoms with Gasteiger partial charge in [-0.1, -0.05) is 12.1 Å². The molecule has 144 valence electrons. The summed E-state index contributed by atoms with van der Waals surface area (Å²) in [6, 6.07) is 6.81. The van der Waals surface area contributed by atoms with Gasteiger partial charge in [0.05, 0.1) is 33.1 Å². The second-order valence-electron chi connectivity index (χ2n) is 5.74. The lowest BCUT2D eigenvalue weighted by Gasteiger charge is -2.19. The molecule has 6 nitrogen and oxygen atoms in total. The highest BCUT2D eigenvalue weighted by molar-refractivity contribution is 5.80. The number of benzene rings is 2. The monoisotopic (exact) mass is 379 g/mol. The van der Waals surface area contributed by atoms with E-state index in [1.165, 1.54) is 20.3 Å². The Morgan fingerprint density at radius 1 is 1.07 bits per heavy atom. The number of carboxylic acid groups (broad SMARTS) is 1. The van der Waals surface area contributed by atoms with Crippen LogP contribution in [0.1, 0.15) is 23.6 Å². The fourth-order valence-corrected chi connectivity index (χ4v) is 2.58. The summed E-state index contributed by atoms with van der Waals surface area (Å²) >= 11 is 0. The number of amides is 1. The van der Waals surface area contributed by atoms with Gasteiger partial charge in [-0.3, -0.25) is 9.59 Å². The van der Waals surface area contributed by atoms with Gasteiger partial charge in [0.1, 0.15) is 11.6 Å². The van der Waals surface area contributed by atoms with Crippen molar-refractivity contribution in [2.45, 2.75) is 18.9 Å². The normalized spacial score (nSPS) is 11.6. The fraction of sp³-hybridized carbons (Fsp3) is 0.263. The van der Waals surface area contributed by atoms with E-state index < -0.39 is 29.6 Å². The van der Waals surface area contributed by atoms with E-state index in [1.807, 2.05) is 0 Å². The Morgan fingerprint density at radius 3 is 2.37 bits per heavy atom. The number of hydrogen-bond acceptors (Lipinski definition) is 4. The van der Waals surface area contributed by atoms with Crippen LogP contribution in [0.25, 0.3) is 0 Å². The van der Waals surface area contributed by atoms with E-state index in [0.717, 1.165) is 6.07 Å². The van der Waals surface area contributed by atoms with Crippen molar-refractivity contribution in [1.29, 1.82) is 0 Å². The molecule has 0 aliphatic carbocycles. The predicted octanol–water partition coefficient (Wildman–Crippen LogP) is 2.86. The van der Waals surface area contributed by atoms with E-state index in [4.69, 9.17) is 14.6 Å². The molecular weight excluding hydrogens is 360 g/mol. The SMILES string of the molecule is COc1ccc(C(CC(=O)O)NC(=O)Cc2ccc(F)cc2F)cc1OC. The van der Waals surface area contributed by atoms with Crippen molar-refractivity contribution >= 4 is 11.9 Å². The number of rotatable bonds is 8. The van der Waals surface area contributed by atoms with Gasteiger partial charge in [-0.25, -0.2) is 8.78 Å². The maximum Gasteiger partial charge on any atom is 0.305 e. The third-order valence-corrected chi connectivity index (χ3v) is 3.89. The molecule has 8 heteroatoms. The minimum Gasteiger partial charge on any atom is -0.493 e. The highest BCUT2D eigenvalue weighted by Gasteiger charge is 2.20. The van der Waals surface area contributed by atoms with Crippen molar-refractivity contribution in [2.24, 2.45) is 0 Å². The van der Waals surface area contributed by atoms with Gasteiger partial charge in [-0.05, 0) is 29.3 Å². The average Bonchev–Trinajstić information content (AvgIpc) is 2.62. The lowest BCUT2D eigenvalue weighted by molar-refractivity contribution is -0.137. The van der Waals surface area contributed by atoms with Crippen molar-refractivity contribution in [3.8, 4) is 11.5 Å². The van der Waals surface area contributed by atoms with Gasteiger partial charge < -0.3 is 19.9 Å². The Morgan fingerprint density at radius 2 is 1.78 bits per heavy atom. The zero-order valence-corrected chi connectivity index (χ0v) is 14.8. The van der Waals surface area contributed by atoms with Crippen LogP contribution in [0.5, 0.6) is 11.5 Å². The third-order valence-electron chi connectivity index (χ3n) is 3.89. The quantitative estimate of drug-likeness (QED) is 0.737. The number of nitrogens with one attached hydrogen (secondary N) is 1. The maximum atomic E-state index is 13.7. The minimum absolute atomic E-state index is 0.00952. The lowest BCUT2D eigenvalue weighted by Crippen LogP contribution is -2.31. The number of aliphatic carboxylic acids is 1. The van der Waals surface area contributed by atoms with Crippen molar-refractivity contribution in [3.63, 3.8) is 0 Å². The molecule has 0 bridgehead atoms. The van der Waals surface area contributed by atoms with Gasteiger partial charge in [0.2, 0.25) is 5.91 Å². The molecule has 0 saturated carbocycles. The maximum absolute atomic E-state index is 13.7. The molecule has 0 aromatic heterocycles. The second kappa shape index (κ2) is 8.98. The number of ether oxygens (including phenoxy) is 2. The summed E-state index contributed by atoms with van der Waals surface area (Å²) in [7, 11) is 2.90. The Bertz CT molecular complexity index is 841. The number of carbonyl (C=O) groups is 2.